The first kappa shape index (κ1) is 127. The average Bonchev–Trinajstić information content (AvgIpc) is 0.759. The number of allylic oxidation sites excluding steroid dienone is 21. The molecule has 25 atom stereocenters. The van der Waals surface area contributed by atoms with Crippen LogP contribution < -0.4 is 16.0 Å². The maximum absolute atomic E-state index is 13.4. The van der Waals surface area contributed by atoms with Gasteiger partial charge in [-0.05, 0) is 212 Å². The Morgan fingerprint density at radius 1 is 0.336 bits per heavy atom. The van der Waals surface area contributed by atoms with Gasteiger partial charge in [0.25, 0.3) is 0 Å². The van der Waals surface area contributed by atoms with Crippen LogP contribution in [-0.2, 0) is 101 Å². The number of phosphoric acid groups is 5. The lowest BCUT2D eigenvalue weighted by Crippen LogP contribution is -2.69. The van der Waals surface area contributed by atoms with Gasteiger partial charge in [0.1, 0.15) is 104 Å². The van der Waals surface area contributed by atoms with Crippen molar-refractivity contribution in [2.75, 3.05) is 66.1 Å². The smallest absolute Gasteiger partial charge is 0.394 e. The molecule has 0 saturated carbocycles. The molecule has 42 nitrogen and oxygen atoms in total. The molecule has 0 aliphatic carbocycles. The molecule has 3 heterocycles. The maximum atomic E-state index is 13.4. The first-order valence-electron chi connectivity index (χ1n) is 45.9. The molecule has 3 aliphatic rings. The number of carbonyl (C=O) groups excluding carboxylic acids is 3. The van der Waals surface area contributed by atoms with Crippen molar-refractivity contribution in [3.05, 3.63) is 128 Å². The number of aliphatic hydroxyl groups is 12. The summed E-state index contributed by atoms with van der Waals surface area (Å²) < 4.78 is 137. The topological polar surface area (TPSA) is 646 Å². The fourth-order valence-corrected chi connectivity index (χ4v) is 18.9. The Labute approximate surface area is 805 Å². The van der Waals surface area contributed by atoms with Gasteiger partial charge >= 0.3 is 39.1 Å². The summed E-state index contributed by atoms with van der Waals surface area (Å²) in [7, 11) is -27.7. The van der Waals surface area contributed by atoms with Gasteiger partial charge < -0.3 is 125 Å². The number of hydrogen-bond donors (Lipinski definition) is 20. The van der Waals surface area contributed by atoms with Crippen molar-refractivity contribution in [3.8, 4) is 0 Å². The van der Waals surface area contributed by atoms with Crippen LogP contribution in [-0.4, -0.2) is 292 Å². The lowest BCUT2D eigenvalue weighted by atomic mass is 9.94. The Hall–Kier alpha value is -4.54. The van der Waals surface area contributed by atoms with Crippen LogP contribution in [0.15, 0.2) is 128 Å². The molecular formula is C90H156N3O39P5. The lowest BCUT2D eigenvalue weighted by molar-refractivity contribution is -0.324. The minimum Gasteiger partial charge on any atom is -0.394 e. The van der Waals surface area contributed by atoms with Crippen molar-refractivity contribution >= 4 is 56.8 Å². The maximum Gasteiger partial charge on any atom is 0.483 e. The van der Waals surface area contributed by atoms with E-state index in [0.717, 1.165) is 142 Å². The molecule has 3 rings (SSSR count). The largest absolute Gasteiger partial charge is 0.483 e. The highest BCUT2D eigenvalue weighted by Gasteiger charge is 2.56. The first-order valence-corrected chi connectivity index (χ1v) is 53.4. The monoisotopic (exact) mass is 2060 g/mol. The molecule has 0 aromatic rings. The lowest BCUT2D eigenvalue weighted by Gasteiger charge is -2.48. The standard InChI is InChI=1S/C90H156N3O39P5/c1-57(2)26-16-27-58(3)28-17-29-59(4)30-18-31-60(5)32-19-33-61(6)34-20-35-62(7)36-21-37-63(8)38-22-39-64(9)40-23-41-65(10)42-24-43-66(11)44-25-45-67(12)46-47-119-136(115,116)132-137(117,118)131-90-80(93-70(15)100)84(107)86(75(50-96)127-90)129-89-79(92-69(14)99)85(108)87(76(51-97)126-89)130-135(113,114)123-55-72(102)54-121-133(109,110)120-52-71(101)53-122-134(111,112)124-56-77(81(104)73(103)48-94)128-88-78(91-68(13)98)83(106)82(105)74(49-95)125-88/h26,28,30,32,34,36,38,40,42,44,46,71-90,94-97,101-108H,16-25,27,29,31,33,35,37,39,41,43,45,47-56H2,1-15H3,(H,91,98)(H,92,99)(H,93,100)(H,109,110)(H,111,112)(H,113,114)(H,115,116)(H,117,118)/b58-28+,59-30+,60-32-,61-34-,62-36-,63-38-,64-40-,65-42-,66-44-,67-46-/t71-,72+,73+,74+,75+,76+,77-,78+,79+,80+,81+,82+,83+,84+,85+,86+,87+,88-,89-,90+/m0/s1. The molecule has 3 amide bonds. The Morgan fingerprint density at radius 2 is 0.635 bits per heavy atom. The van der Waals surface area contributed by atoms with Crippen LogP contribution >= 0.6 is 39.1 Å². The summed E-state index contributed by atoms with van der Waals surface area (Å²) in [6.45, 7) is 17.4. The normalized spacial score (nSPS) is 26.8. The summed E-state index contributed by atoms with van der Waals surface area (Å²) in [5.41, 5.74) is 14.7. The molecule has 137 heavy (non-hydrogen) atoms. The summed E-state index contributed by atoms with van der Waals surface area (Å²) in [6, 6.07) is -5.60. The van der Waals surface area contributed by atoms with E-state index in [4.69, 9.17) is 46.3 Å². The van der Waals surface area contributed by atoms with Crippen LogP contribution in [0.1, 0.15) is 232 Å². The molecule has 3 aliphatic heterocycles. The van der Waals surface area contributed by atoms with Gasteiger partial charge in [-0.2, -0.15) is 4.31 Å². The molecule has 0 aromatic carbocycles. The van der Waals surface area contributed by atoms with Crippen molar-refractivity contribution in [2.45, 2.75) is 355 Å². The van der Waals surface area contributed by atoms with Gasteiger partial charge in [-0.25, -0.2) is 22.8 Å². The zero-order valence-corrected chi connectivity index (χ0v) is 85.9. The zero-order chi connectivity index (χ0) is 103. The highest BCUT2D eigenvalue weighted by Crippen LogP contribution is 2.62. The van der Waals surface area contributed by atoms with Crippen LogP contribution in [0.3, 0.4) is 0 Å². The number of ether oxygens (including phenoxy) is 5. The highest BCUT2D eigenvalue weighted by atomic mass is 31.3. The number of amides is 3. The van der Waals surface area contributed by atoms with Crippen molar-refractivity contribution in [1.29, 1.82) is 0 Å². The van der Waals surface area contributed by atoms with Crippen molar-refractivity contribution in [1.82, 2.24) is 16.0 Å². The molecule has 790 valence electrons. The number of carbonyl (C=O) groups is 3. The van der Waals surface area contributed by atoms with E-state index in [-0.39, 0.29) is 0 Å². The minimum absolute atomic E-state index is 0.519. The molecule has 20 N–H and O–H groups in total. The summed E-state index contributed by atoms with van der Waals surface area (Å²) in [6.07, 6.45) is 10.2. The number of hydrogen-bond acceptors (Lipinski definition) is 34. The van der Waals surface area contributed by atoms with Crippen molar-refractivity contribution < 1.29 is 187 Å². The van der Waals surface area contributed by atoms with E-state index in [2.05, 4.69) is 164 Å². The second-order valence-electron chi connectivity index (χ2n) is 35.2. The molecular weight excluding hydrogens is 1900 g/mol. The van der Waals surface area contributed by atoms with Crippen LogP contribution in [0.2, 0.25) is 0 Å². The minimum atomic E-state index is -5.84. The molecule has 0 radical (unpaired) electrons. The van der Waals surface area contributed by atoms with Gasteiger partial charge in [-0.15, -0.1) is 0 Å². The predicted octanol–water partition coefficient (Wildman–Crippen LogP) is 9.55. The fourth-order valence-electron chi connectivity index (χ4n) is 14.2. The quantitative estimate of drug-likeness (QED) is 0.0199. The Morgan fingerprint density at radius 3 is 0.978 bits per heavy atom. The van der Waals surface area contributed by atoms with E-state index in [1.165, 1.54) is 61.8 Å². The van der Waals surface area contributed by atoms with Crippen molar-refractivity contribution in [3.63, 3.8) is 0 Å². The third-order valence-electron chi connectivity index (χ3n) is 22.1. The number of aliphatic hydroxyl groups excluding tert-OH is 12. The number of phosphoric ester groups is 5. The van der Waals surface area contributed by atoms with E-state index < -0.39 is 245 Å². The second-order valence-corrected chi connectivity index (χ2v) is 42.5. The van der Waals surface area contributed by atoms with Crippen LogP contribution in [0.5, 0.6) is 0 Å². The van der Waals surface area contributed by atoms with E-state index in [0.29, 0.717) is 12.8 Å². The third kappa shape index (κ3) is 52.7. The zero-order valence-electron chi connectivity index (χ0n) is 81.4. The summed E-state index contributed by atoms with van der Waals surface area (Å²) in [4.78, 5) is 89.8. The SMILES string of the molecule is CC(=O)N[C@H]1[C@@H](OP(=O)(O)OP(=O)(O)OC/C=C(/C)CC/C=C(/C)CC/C=C(/C)CC/C=C(/C)CC/C=C(/C)CC/C=C(/C)CC/C=C(/C)CC/C=C(/C)CC/C=C(\C)CC/C=C(\C)CCC=C(C)C)O[C@H](CO)[C@@H](O[C@@H]2O[C@H](CO)[C@@H](OP(=O)(O)OC[C@H](O)COP(=O)(O)OC[C@H](O)COP(=O)(O)OC[C@H](O[C@@H]3O[C@H](CO)[C@@H](O)[C@H](O)[C@H]3NC(C)=O)[C@H](O)[C@H](O)CO)[C@H](O)[C@H]2NC(C)=O)[C@@H]1O. The molecule has 3 fully saturated rings. The Balaban J connectivity index is 1.45. The number of rotatable bonds is 67. The second kappa shape index (κ2) is 65.1. The van der Waals surface area contributed by atoms with Crippen LogP contribution in [0.4, 0.5) is 0 Å². The summed E-state index contributed by atoms with van der Waals surface area (Å²) >= 11 is 0. The predicted molar refractivity (Wildman–Crippen MR) is 506 cm³/mol. The Kier molecular flexibility index (Phi) is 60.1. The average molecular weight is 2060 g/mol. The van der Waals surface area contributed by atoms with Gasteiger partial charge in [0, 0.05) is 20.8 Å². The van der Waals surface area contributed by atoms with E-state index in [1.54, 1.807) is 6.92 Å². The van der Waals surface area contributed by atoms with Crippen molar-refractivity contribution in [2.24, 2.45) is 0 Å². The molecule has 3 saturated heterocycles. The van der Waals surface area contributed by atoms with Crippen LogP contribution in [0, 0.1) is 0 Å². The summed E-state index contributed by atoms with van der Waals surface area (Å²) in [5, 5.41) is 133. The molecule has 5 unspecified atom stereocenters. The number of nitrogens with one attached hydrogen (secondary N) is 3. The Bertz CT molecular complexity index is 4280. The van der Waals surface area contributed by atoms with Gasteiger partial charge in [-0.1, -0.05) is 128 Å². The highest BCUT2D eigenvalue weighted by molar-refractivity contribution is 7.61. The molecule has 47 heteroatoms. The van der Waals surface area contributed by atoms with E-state index >= 15 is 0 Å². The van der Waals surface area contributed by atoms with Gasteiger partial charge in [0.15, 0.2) is 18.9 Å². The first-order chi connectivity index (χ1) is 64.1. The molecule has 0 aromatic heterocycles. The van der Waals surface area contributed by atoms with Gasteiger partial charge in [0.2, 0.25) is 17.7 Å². The van der Waals surface area contributed by atoms with E-state index in [9.17, 15) is 123 Å². The van der Waals surface area contributed by atoms with Crippen LogP contribution in [0.25, 0.3) is 0 Å². The fraction of sp³-hybridized carbons (Fsp3) is 0.722. The van der Waals surface area contributed by atoms with E-state index in [1.807, 2.05) is 6.92 Å². The molecule has 0 bridgehead atoms. The van der Waals surface area contributed by atoms with Gasteiger partial charge in [0.05, 0.1) is 66.1 Å². The third-order valence-corrected chi connectivity index (χ3v) is 27.6. The summed E-state index contributed by atoms with van der Waals surface area (Å²) in [5.74, 6) is -2.73. The molecule has 0 spiro atoms. The van der Waals surface area contributed by atoms with Gasteiger partial charge in [-0.3, -0.25) is 50.6 Å².